The van der Waals surface area contributed by atoms with Crippen LogP contribution >= 0.6 is 0 Å². The minimum absolute atomic E-state index is 0.0893. The molecule has 0 fully saturated rings. The van der Waals surface area contributed by atoms with Crippen LogP contribution in [-0.4, -0.2) is 33.4 Å². The summed E-state index contributed by atoms with van der Waals surface area (Å²) < 4.78 is 0. The van der Waals surface area contributed by atoms with Crippen LogP contribution in [-0.2, 0) is 6.42 Å². The highest BCUT2D eigenvalue weighted by molar-refractivity contribution is 5.93. The quantitative estimate of drug-likeness (QED) is 0.651. The summed E-state index contributed by atoms with van der Waals surface area (Å²) in [5, 5.41) is 7.24. The number of rotatable bonds is 6. The molecule has 0 saturated heterocycles. The van der Waals surface area contributed by atoms with E-state index < -0.39 is 0 Å². The summed E-state index contributed by atoms with van der Waals surface area (Å²) in [5.41, 5.74) is 2.86. The number of amides is 1. The fourth-order valence-corrected chi connectivity index (χ4v) is 2.53. The van der Waals surface area contributed by atoms with Crippen LogP contribution in [0.4, 0.5) is 5.95 Å². The Hall–Kier alpha value is -2.89. The van der Waals surface area contributed by atoms with Crippen molar-refractivity contribution in [3.8, 4) is 0 Å². The van der Waals surface area contributed by atoms with E-state index in [-0.39, 0.29) is 11.9 Å². The molecule has 3 rings (SSSR count). The number of aromatic amines is 1. The van der Waals surface area contributed by atoms with Crippen LogP contribution in [0.25, 0.3) is 10.9 Å². The topological polar surface area (TPSA) is 82.7 Å². The lowest BCUT2D eigenvalue weighted by molar-refractivity contribution is 0.0942. The Kier molecular flexibility index (Phi) is 4.74. The maximum absolute atomic E-state index is 11.8. The SMILES string of the molecule is CC(C)NC(=O)c1cnc(NCCc2c[nH]c3ccccc23)nc1. The van der Waals surface area contributed by atoms with Crippen molar-refractivity contribution in [3.05, 3.63) is 54.0 Å². The number of para-hydroxylation sites is 1. The number of nitrogens with zero attached hydrogens (tertiary/aromatic N) is 2. The molecule has 0 atom stereocenters. The van der Waals surface area contributed by atoms with Crippen LogP contribution in [0, 0.1) is 0 Å². The molecule has 0 bridgehead atoms. The molecule has 0 aliphatic heterocycles. The monoisotopic (exact) mass is 323 g/mol. The molecule has 0 aliphatic rings. The van der Waals surface area contributed by atoms with Gasteiger partial charge in [0.2, 0.25) is 5.95 Å². The third-order valence-electron chi connectivity index (χ3n) is 3.69. The molecule has 0 spiro atoms. The number of benzene rings is 1. The average Bonchev–Trinajstić information content (AvgIpc) is 2.98. The van der Waals surface area contributed by atoms with Crippen molar-refractivity contribution in [2.45, 2.75) is 26.3 Å². The van der Waals surface area contributed by atoms with E-state index in [1.54, 1.807) is 12.4 Å². The molecule has 0 aliphatic carbocycles. The van der Waals surface area contributed by atoms with E-state index in [2.05, 4.69) is 37.7 Å². The first-order valence-corrected chi connectivity index (χ1v) is 8.05. The molecule has 24 heavy (non-hydrogen) atoms. The zero-order valence-electron chi connectivity index (χ0n) is 13.8. The number of H-pyrrole nitrogens is 1. The summed E-state index contributed by atoms with van der Waals surface area (Å²) >= 11 is 0. The van der Waals surface area contributed by atoms with Gasteiger partial charge in [-0.25, -0.2) is 9.97 Å². The lowest BCUT2D eigenvalue weighted by atomic mass is 10.1. The van der Waals surface area contributed by atoms with Gasteiger partial charge in [-0.2, -0.15) is 0 Å². The summed E-state index contributed by atoms with van der Waals surface area (Å²) in [7, 11) is 0. The second-order valence-corrected chi connectivity index (χ2v) is 5.96. The minimum Gasteiger partial charge on any atom is -0.361 e. The van der Waals surface area contributed by atoms with Crippen LogP contribution in [0.2, 0.25) is 0 Å². The molecule has 3 N–H and O–H groups in total. The van der Waals surface area contributed by atoms with Crippen molar-refractivity contribution in [2.24, 2.45) is 0 Å². The predicted molar refractivity (Wildman–Crippen MR) is 95.1 cm³/mol. The van der Waals surface area contributed by atoms with Gasteiger partial charge in [0.15, 0.2) is 0 Å². The molecule has 3 aromatic rings. The van der Waals surface area contributed by atoms with E-state index in [1.165, 1.54) is 10.9 Å². The summed E-state index contributed by atoms with van der Waals surface area (Å²) in [5.74, 6) is 0.367. The molecular weight excluding hydrogens is 302 g/mol. The molecule has 1 aromatic carbocycles. The highest BCUT2D eigenvalue weighted by Crippen LogP contribution is 2.17. The van der Waals surface area contributed by atoms with Crippen LogP contribution in [0.1, 0.15) is 29.8 Å². The number of anilines is 1. The molecule has 6 nitrogen and oxygen atoms in total. The van der Waals surface area contributed by atoms with Crippen molar-refractivity contribution in [1.29, 1.82) is 0 Å². The number of carbonyl (C=O) groups is 1. The molecule has 6 heteroatoms. The summed E-state index contributed by atoms with van der Waals surface area (Å²) in [6.07, 6.45) is 5.98. The largest absolute Gasteiger partial charge is 0.361 e. The van der Waals surface area contributed by atoms with E-state index in [0.29, 0.717) is 11.5 Å². The van der Waals surface area contributed by atoms with Gasteiger partial charge in [-0.05, 0) is 31.9 Å². The molecule has 2 aromatic heterocycles. The summed E-state index contributed by atoms with van der Waals surface area (Å²) in [6, 6.07) is 8.32. The van der Waals surface area contributed by atoms with Gasteiger partial charge in [0.1, 0.15) is 0 Å². The molecule has 2 heterocycles. The zero-order valence-corrected chi connectivity index (χ0v) is 13.8. The van der Waals surface area contributed by atoms with Crippen molar-refractivity contribution < 1.29 is 4.79 Å². The van der Waals surface area contributed by atoms with Gasteiger partial charge >= 0.3 is 0 Å². The fourth-order valence-electron chi connectivity index (χ4n) is 2.53. The third kappa shape index (κ3) is 3.71. The normalized spacial score (nSPS) is 11.0. The third-order valence-corrected chi connectivity index (χ3v) is 3.69. The first-order valence-electron chi connectivity index (χ1n) is 8.05. The van der Waals surface area contributed by atoms with Crippen LogP contribution in [0.3, 0.4) is 0 Å². The molecule has 0 unspecified atom stereocenters. The maximum Gasteiger partial charge on any atom is 0.254 e. The van der Waals surface area contributed by atoms with E-state index >= 15 is 0 Å². The first-order chi connectivity index (χ1) is 11.6. The van der Waals surface area contributed by atoms with Crippen LogP contribution in [0.15, 0.2) is 42.9 Å². The predicted octanol–water partition coefficient (Wildman–Crippen LogP) is 2.75. The fraction of sp³-hybridized carbons (Fsp3) is 0.278. The van der Waals surface area contributed by atoms with Gasteiger partial charge in [-0.1, -0.05) is 18.2 Å². The molecule has 1 amide bonds. The van der Waals surface area contributed by atoms with Crippen molar-refractivity contribution in [2.75, 3.05) is 11.9 Å². The number of hydrogen-bond donors (Lipinski definition) is 3. The van der Waals surface area contributed by atoms with Crippen molar-refractivity contribution in [1.82, 2.24) is 20.3 Å². The lowest BCUT2D eigenvalue weighted by Gasteiger charge is -2.08. The Balaban J connectivity index is 1.56. The molecule has 0 saturated carbocycles. The van der Waals surface area contributed by atoms with Crippen LogP contribution in [0.5, 0.6) is 0 Å². The Bertz CT molecular complexity index is 823. The van der Waals surface area contributed by atoms with Gasteiger partial charge in [-0.3, -0.25) is 4.79 Å². The Labute approximate surface area is 140 Å². The van der Waals surface area contributed by atoms with E-state index in [9.17, 15) is 4.79 Å². The highest BCUT2D eigenvalue weighted by Gasteiger charge is 2.08. The van der Waals surface area contributed by atoms with Gasteiger partial charge < -0.3 is 15.6 Å². The standard InChI is InChI=1S/C18H21N5O/c1-12(2)23-17(24)14-10-21-18(22-11-14)19-8-7-13-9-20-16-6-4-3-5-15(13)16/h3-6,9-12,20H,7-8H2,1-2H3,(H,23,24)(H,19,21,22). The van der Waals surface area contributed by atoms with Crippen molar-refractivity contribution in [3.63, 3.8) is 0 Å². The van der Waals surface area contributed by atoms with Crippen molar-refractivity contribution >= 4 is 22.8 Å². The van der Waals surface area contributed by atoms with Gasteiger partial charge in [0.25, 0.3) is 5.91 Å². The second-order valence-electron chi connectivity index (χ2n) is 5.96. The first kappa shape index (κ1) is 16.0. The Morgan fingerprint density at radius 1 is 1.21 bits per heavy atom. The highest BCUT2D eigenvalue weighted by atomic mass is 16.1. The lowest BCUT2D eigenvalue weighted by Crippen LogP contribution is -2.30. The average molecular weight is 323 g/mol. The van der Waals surface area contributed by atoms with E-state index in [4.69, 9.17) is 0 Å². The maximum atomic E-state index is 11.8. The Morgan fingerprint density at radius 3 is 2.71 bits per heavy atom. The summed E-state index contributed by atoms with van der Waals surface area (Å²) in [4.78, 5) is 23.5. The molecular formula is C18H21N5O. The zero-order chi connectivity index (χ0) is 16.9. The minimum atomic E-state index is -0.157. The van der Waals surface area contributed by atoms with Crippen LogP contribution < -0.4 is 10.6 Å². The second kappa shape index (κ2) is 7.12. The summed E-state index contributed by atoms with van der Waals surface area (Å²) in [6.45, 7) is 4.55. The molecule has 0 radical (unpaired) electrons. The number of hydrogen-bond acceptors (Lipinski definition) is 4. The van der Waals surface area contributed by atoms with Gasteiger partial charge in [0.05, 0.1) is 5.56 Å². The molecule has 124 valence electrons. The smallest absolute Gasteiger partial charge is 0.254 e. The van der Waals surface area contributed by atoms with E-state index in [0.717, 1.165) is 18.5 Å². The Morgan fingerprint density at radius 2 is 1.96 bits per heavy atom. The van der Waals surface area contributed by atoms with Gasteiger partial charge in [0, 0.05) is 42.1 Å². The number of fused-ring (bicyclic) bond motifs is 1. The number of aromatic nitrogens is 3. The number of carbonyl (C=O) groups excluding carboxylic acids is 1. The van der Waals surface area contributed by atoms with E-state index in [1.807, 2.05) is 32.2 Å². The van der Waals surface area contributed by atoms with Gasteiger partial charge in [-0.15, -0.1) is 0 Å². The number of nitrogens with one attached hydrogen (secondary N) is 3.